The van der Waals surface area contributed by atoms with Crippen molar-refractivity contribution in [1.82, 2.24) is 0 Å². The SMILES string of the molecule is NC1CCCCC1C(=O)OCC1CCOC1. The molecule has 1 aliphatic heterocycles. The van der Waals surface area contributed by atoms with Crippen molar-refractivity contribution in [2.75, 3.05) is 19.8 Å². The largest absolute Gasteiger partial charge is 0.465 e. The average Bonchev–Trinajstić information content (AvgIpc) is 2.79. The Morgan fingerprint density at radius 3 is 2.81 bits per heavy atom. The molecule has 92 valence electrons. The van der Waals surface area contributed by atoms with Gasteiger partial charge in [0.2, 0.25) is 0 Å². The third-order valence-electron chi connectivity index (χ3n) is 3.61. The van der Waals surface area contributed by atoms with Crippen molar-refractivity contribution in [3.05, 3.63) is 0 Å². The van der Waals surface area contributed by atoms with E-state index < -0.39 is 0 Å². The molecule has 2 aliphatic rings. The van der Waals surface area contributed by atoms with Crippen LogP contribution < -0.4 is 5.73 Å². The molecule has 16 heavy (non-hydrogen) atoms. The zero-order valence-electron chi connectivity index (χ0n) is 9.69. The number of ether oxygens (including phenoxy) is 2. The van der Waals surface area contributed by atoms with Gasteiger partial charge in [0.25, 0.3) is 0 Å². The maximum atomic E-state index is 11.8. The highest BCUT2D eigenvalue weighted by Gasteiger charge is 2.30. The lowest BCUT2D eigenvalue weighted by molar-refractivity contribution is -0.151. The van der Waals surface area contributed by atoms with Crippen LogP contribution >= 0.6 is 0 Å². The van der Waals surface area contributed by atoms with Gasteiger partial charge in [0.05, 0.1) is 19.1 Å². The first kappa shape index (κ1) is 11.9. The lowest BCUT2D eigenvalue weighted by Gasteiger charge is -2.27. The molecule has 1 aliphatic carbocycles. The molecule has 0 bridgehead atoms. The number of hydrogen-bond acceptors (Lipinski definition) is 4. The van der Waals surface area contributed by atoms with E-state index in [4.69, 9.17) is 15.2 Å². The predicted molar refractivity (Wildman–Crippen MR) is 59.8 cm³/mol. The van der Waals surface area contributed by atoms with Crippen molar-refractivity contribution < 1.29 is 14.3 Å². The highest BCUT2D eigenvalue weighted by atomic mass is 16.5. The molecular formula is C12H21NO3. The Kier molecular flexibility index (Phi) is 4.18. The second-order valence-corrected chi connectivity index (χ2v) is 4.91. The summed E-state index contributed by atoms with van der Waals surface area (Å²) in [6, 6.07) is 0.000998. The van der Waals surface area contributed by atoms with Gasteiger partial charge < -0.3 is 15.2 Å². The molecule has 3 unspecified atom stereocenters. The minimum Gasteiger partial charge on any atom is -0.465 e. The van der Waals surface area contributed by atoms with Gasteiger partial charge in [-0.2, -0.15) is 0 Å². The fourth-order valence-electron chi connectivity index (χ4n) is 2.47. The Morgan fingerprint density at radius 2 is 2.12 bits per heavy atom. The highest BCUT2D eigenvalue weighted by Crippen LogP contribution is 2.24. The topological polar surface area (TPSA) is 61.6 Å². The van der Waals surface area contributed by atoms with E-state index in [-0.39, 0.29) is 17.9 Å². The molecule has 2 fully saturated rings. The van der Waals surface area contributed by atoms with E-state index in [0.717, 1.165) is 45.3 Å². The second kappa shape index (κ2) is 5.64. The lowest BCUT2D eigenvalue weighted by atomic mass is 9.85. The molecule has 0 aromatic rings. The monoisotopic (exact) mass is 227 g/mol. The van der Waals surface area contributed by atoms with Crippen LogP contribution in [0.3, 0.4) is 0 Å². The Balaban J connectivity index is 1.73. The number of rotatable bonds is 3. The first-order chi connectivity index (χ1) is 7.77. The van der Waals surface area contributed by atoms with Gasteiger partial charge in [-0.05, 0) is 19.3 Å². The number of hydrogen-bond donors (Lipinski definition) is 1. The standard InChI is InChI=1S/C12H21NO3/c13-11-4-2-1-3-10(11)12(14)16-8-9-5-6-15-7-9/h9-11H,1-8,13H2. The van der Waals surface area contributed by atoms with E-state index in [0.29, 0.717) is 12.5 Å². The Labute approximate surface area is 96.5 Å². The van der Waals surface area contributed by atoms with Gasteiger partial charge in [-0.1, -0.05) is 12.8 Å². The van der Waals surface area contributed by atoms with E-state index in [1.165, 1.54) is 0 Å². The molecule has 2 N–H and O–H groups in total. The van der Waals surface area contributed by atoms with Crippen LogP contribution in [0, 0.1) is 11.8 Å². The van der Waals surface area contributed by atoms with Crippen LogP contribution in [0.15, 0.2) is 0 Å². The molecule has 4 nitrogen and oxygen atoms in total. The molecule has 0 aromatic heterocycles. The first-order valence-corrected chi connectivity index (χ1v) is 6.27. The van der Waals surface area contributed by atoms with Crippen LogP contribution in [0.25, 0.3) is 0 Å². The van der Waals surface area contributed by atoms with Gasteiger partial charge in [-0.15, -0.1) is 0 Å². The van der Waals surface area contributed by atoms with E-state index >= 15 is 0 Å². The predicted octanol–water partition coefficient (Wildman–Crippen LogP) is 1.08. The highest BCUT2D eigenvalue weighted by molar-refractivity contribution is 5.73. The van der Waals surface area contributed by atoms with Crippen molar-refractivity contribution in [1.29, 1.82) is 0 Å². The molecule has 4 heteroatoms. The van der Waals surface area contributed by atoms with Gasteiger partial charge >= 0.3 is 5.97 Å². The number of esters is 1. The average molecular weight is 227 g/mol. The summed E-state index contributed by atoms with van der Waals surface area (Å²) in [6.45, 7) is 2.03. The van der Waals surface area contributed by atoms with Crippen molar-refractivity contribution >= 4 is 5.97 Å². The van der Waals surface area contributed by atoms with Gasteiger partial charge in [0.15, 0.2) is 0 Å². The minimum absolute atomic E-state index is 0.000998. The second-order valence-electron chi connectivity index (χ2n) is 4.91. The van der Waals surface area contributed by atoms with Crippen LogP contribution in [-0.2, 0) is 14.3 Å². The summed E-state index contributed by atoms with van der Waals surface area (Å²) in [4.78, 5) is 11.8. The Hall–Kier alpha value is -0.610. The lowest BCUT2D eigenvalue weighted by Crippen LogP contribution is -2.39. The molecule has 0 aromatic carbocycles. The molecule has 3 atom stereocenters. The van der Waals surface area contributed by atoms with Gasteiger partial charge in [-0.25, -0.2) is 0 Å². The van der Waals surface area contributed by atoms with Gasteiger partial charge in [-0.3, -0.25) is 4.79 Å². The zero-order valence-corrected chi connectivity index (χ0v) is 9.69. The third-order valence-corrected chi connectivity index (χ3v) is 3.61. The summed E-state index contributed by atoms with van der Waals surface area (Å²) < 4.78 is 10.6. The first-order valence-electron chi connectivity index (χ1n) is 6.27. The zero-order chi connectivity index (χ0) is 11.4. The Morgan fingerprint density at radius 1 is 1.31 bits per heavy atom. The molecule has 0 spiro atoms. The summed E-state index contributed by atoms with van der Waals surface area (Å²) in [5, 5.41) is 0. The van der Waals surface area contributed by atoms with E-state index in [9.17, 15) is 4.79 Å². The van der Waals surface area contributed by atoms with E-state index in [1.54, 1.807) is 0 Å². The number of carbonyl (C=O) groups excluding carboxylic acids is 1. The molecule has 1 saturated carbocycles. The van der Waals surface area contributed by atoms with Crippen molar-refractivity contribution in [2.24, 2.45) is 17.6 Å². The quantitative estimate of drug-likeness (QED) is 0.733. The van der Waals surface area contributed by atoms with Crippen molar-refractivity contribution in [2.45, 2.75) is 38.1 Å². The van der Waals surface area contributed by atoms with Crippen LogP contribution in [0.5, 0.6) is 0 Å². The normalized spacial score (nSPS) is 34.9. The molecule has 0 amide bonds. The fourth-order valence-corrected chi connectivity index (χ4v) is 2.47. The smallest absolute Gasteiger partial charge is 0.310 e. The Bertz CT molecular complexity index is 238. The van der Waals surface area contributed by atoms with Crippen LogP contribution in [0.1, 0.15) is 32.1 Å². The van der Waals surface area contributed by atoms with E-state index in [1.807, 2.05) is 0 Å². The summed E-state index contributed by atoms with van der Waals surface area (Å²) in [5.41, 5.74) is 5.94. The van der Waals surface area contributed by atoms with Crippen LogP contribution in [0.4, 0.5) is 0 Å². The molecule has 0 radical (unpaired) electrons. The van der Waals surface area contributed by atoms with Crippen LogP contribution in [0.2, 0.25) is 0 Å². The minimum atomic E-state index is -0.0981. The third kappa shape index (κ3) is 2.95. The molecular weight excluding hydrogens is 206 g/mol. The van der Waals surface area contributed by atoms with Crippen LogP contribution in [-0.4, -0.2) is 31.8 Å². The summed E-state index contributed by atoms with van der Waals surface area (Å²) in [5.74, 6) is 0.221. The molecule has 2 rings (SSSR count). The van der Waals surface area contributed by atoms with Gasteiger partial charge in [0, 0.05) is 18.6 Å². The van der Waals surface area contributed by atoms with Gasteiger partial charge in [0.1, 0.15) is 0 Å². The molecule has 1 saturated heterocycles. The van der Waals surface area contributed by atoms with E-state index in [2.05, 4.69) is 0 Å². The fraction of sp³-hybridized carbons (Fsp3) is 0.917. The van der Waals surface area contributed by atoms with Crippen molar-refractivity contribution in [3.8, 4) is 0 Å². The summed E-state index contributed by atoms with van der Waals surface area (Å²) in [7, 11) is 0. The number of nitrogens with two attached hydrogens (primary N) is 1. The summed E-state index contributed by atoms with van der Waals surface area (Å²) in [6.07, 6.45) is 5.08. The summed E-state index contributed by atoms with van der Waals surface area (Å²) >= 11 is 0. The van der Waals surface area contributed by atoms with Crippen molar-refractivity contribution in [3.63, 3.8) is 0 Å². The maximum Gasteiger partial charge on any atom is 0.310 e. The molecule has 1 heterocycles. The maximum absolute atomic E-state index is 11.8. The number of carbonyl (C=O) groups is 1.